The van der Waals surface area contributed by atoms with Crippen LogP contribution >= 0.6 is 8.38 Å². The van der Waals surface area contributed by atoms with Gasteiger partial charge in [-0.1, -0.05) is 6.92 Å². The third kappa shape index (κ3) is 2.66. The summed E-state index contributed by atoms with van der Waals surface area (Å²) in [5.41, 5.74) is -0.0314. The minimum Gasteiger partial charge on any atom is -0.447 e. The Morgan fingerprint density at radius 1 is 1.64 bits per heavy atom. The molecule has 0 spiro atoms. The smallest absolute Gasteiger partial charge is 0.227 e. The predicted octanol–water partition coefficient (Wildman–Crippen LogP) is 2.40. The number of rotatable bonds is 3. The maximum atomic E-state index is 13.0. The summed E-state index contributed by atoms with van der Waals surface area (Å²) in [5.74, 6) is -0.388. The van der Waals surface area contributed by atoms with Gasteiger partial charge >= 0.3 is 0 Å². The highest BCUT2D eigenvalue weighted by molar-refractivity contribution is 7.46. The van der Waals surface area contributed by atoms with Crippen molar-refractivity contribution in [1.29, 1.82) is 5.26 Å². The number of hydrogen-bond donors (Lipinski definition) is 1. The van der Waals surface area contributed by atoms with Crippen molar-refractivity contribution >= 4 is 8.38 Å². The molecule has 1 rings (SSSR count). The van der Waals surface area contributed by atoms with Gasteiger partial charge in [0, 0.05) is 12.2 Å². The summed E-state index contributed by atoms with van der Waals surface area (Å²) in [7, 11) is -1.53. The van der Waals surface area contributed by atoms with E-state index in [4.69, 9.17) is 9.79 Å². The minimum absolute atomic E-state index is 0.0314. The first-order valence-electron chi connectivity index (χ1n) is 4.01. The van der Waals surface area contributed by atoms with Crippen LogP contribution < -0.4 is 4.52 Å². The SMILES string of the molecule is CCP(O)Oc1ccc(C#N)c(F)c1. The van der Waals surface area contributed by atoms with Crippen LogP contribution in [0.25, 0.3) is 0 Å². The van der Waals surface area contributed by atoms with E-state index in [2.05, 4.69) is 0 Å². The molecule has 1 unspecified atom stereocenters. The van der Waals surface area contributed by atoms with E-state index >= 15 is 0 Å². The highest BCUT2D eigenvalue weighted by Crippen LogP contribution is 2.33. The van der Waals surface area contributed by atoms with Crippen molar-refractivity contribution in [1.82, 2.24) is 0 Å². The van der Waals surface area contributed by atoms with Gasteiger partial charge in [-0.25, -0.2) is 4.39 Å². The molecular weight excluding hydrogens is 204 g/mol. The number of nitriles is 1. The Bertz CT molecular complexity index is 364. The van der Waals surface area contributed by atoms with E-state index in [1.165, 1.54) is 12.1 Å². The molecule has 1 atom stereocenters. The maximum absolute atomic E-state index is 13.0. The number of hydrogen-bond acceptors (Lipinski definition) is 3. The minimum atomic E-state index is -1.53. The van der Waals surface area contributed by atoms with Gasteiger partial charge in [0.25, 0.3) is 0 Å². The highest BCUT2D eigenvalue weighted by atomic mass is 31.2. The molecule has 0 bridgehead atoms. The normalized spacial score (nSPS) is 11.9. The maximum Gasteiger partial charge on any atom is 0.227 e. The molecule has 1 aromatic rings. The lowest BCUT2D eigenvalue weighted by Gasteiger charge is -2.09. The van der Waals surface area contributed by atoms with E-state index in [9.17, 15) is 9.28 Å². The zero-order valence-corrected chi connectivity index (χ0v) is 8.46. The van der Waals surface area contributed by atoms with Gasteiger partial charge in [0.1, 0.15) is 17.6 Å². The van der Waals surface area contributed by atoms with Crippen molar-refractivity contribution in [2.75, 3.05) is 6.16 Å². The first-order valence-corrected chi connectivity index (χ1v) is 5.41. The summed E-state index contributed by atoms with van der Waals surface area (Å²) in [4.78, 5) is 9.18. The van der Waals surface area contributed by atoms with Gasteiger partial charge in [0.15, 0.2) is 0 Å². The summed E-state index contributed by atoms with van der Waals surface area (Å²) in [5, 5.41) is 8.46. The van der Waals surface area contributed by atoms with Crippen molar-refractivity contribution in [3.05, 3.63) is 29.6 Å². The lowest BCUT2D eigenvalue weighted by atomic mass is 10.2. The second kappa shape index (κ2) is 4.90. The van der Waals surface area contributed by atoms with Crippen molar-refractivity contribution in [3.63, 3.8) is 0 Å². The fraction of sp³-hybridized carbons (Fsp3) is 0.222. The summed E-state index contributed by atoms with van der Waals surface area (Å²) in [6, 6.07) is 5.58. The Labute approximate surface area is 82.7 Å². The van der Waals surface area contributed by atoms with E-state index in [1.807, 2.05) is 0 Å². The van der Waals surface area contributed by atoms with E-state index in [0.29, 0.717) is 6.16 Å². The molecule has 0 saturated carbocycles. The molecule has 0 aromatic heterocycles. The van der Waals surface area contributed by atoms with Crippen molar-refractivity contribution < 1.29 is 13.8 Å². The third-order valence-corrected chi connectivity index (χ3v) is 2.50. The molecular formula is C9H9FNO2P. The molecule has 14 heavy (non-hydrogen) atoms. The zero-order chi connectivity index (χ0) is 10.6. The molecule has 0 aliphatic carbocycles. The molecule has 0 radical (unpaired) electrons. The van der Waals surface area contributed by atoms with Crippen molar-refractivity contribution in [2.45, 2.75) is 6.92 Å². The van der Waals surface area contributed by atoms with Crippen LogP contribution in [0, 0.1) is 17.1 Å². The summed E-state index contributed by atoms with van der Waals surface area (Å²) >= 11 is 0. The van der Waals surface area contributed by atoms with Gasteiger partial charge in [-0.2, -0.15) is 5.26 Å². The molecule has 74 valence electrons. The molecule has 0 amide bonds. The average Bonchev–Trinajstić information content (AvgIpc) is 2.18. The average molecular weight is 213 g/mol. The molecule has 1 N–H and O–H groups in total. The Kier molecular flexibility index (Phi) is 3.82. The van der Waals surface area contributed by atoms with E-state index in [-0.39, 0.29) is 11.3 Å². The number of nitrogens with zero attached hydrogens (tertiary/aromatic N) is 1. The lowest BCUT2D eigenvalue weighted by Crippen LogP contribution is -1.90. The van der Waals surface area contributed by atoms with Crippen LogP contribution in [0.4, 0.5) is 4.39 Å². The zero-order valence-electron chi connectivity index (χ0n) is 7.57. The molecule has 0 saturated heterocycles. The molecule has 3 nitrogen and oxygen atoms in total. The van der Waals surface area contributed by atoms with Crippen LogP contribution in [-0.4, -0.2) is 11.1 Å². The molecule has 0 heterocycles. The molecule has 0 fully saturated rings. The highest BCUT2D eigenvalue weighted by Gasteiger charge is 2.07. The third-order valence-electron chi connectivity index (χ3n) is 1.54. The molecule has 0 aliphatic heterocycles. The van der Waals surface area contributed by atoms with Crippen molar-refractivity contribution in [3.8, 4) is 11.8 Å². The van der Waals surface area contributed by atoms with E-state index in [1.54, 1.807) is 13.0 Å². The van der Waals surface area contributed by atoms with Gasteiger partial charge in [0.2, 0.25) is 8.38 Å². The first kappa shape index (κ1) is 10.9. The Hall–Kier alpha value is -1.17. The Balaban J connectivity index is 2.82. The number of halogens is 1. The van der Waals surface area contributed by atoms with Gasteiger partial charge in [-0.15, -0.1) is 0 Å². The van der Waals surface area contributed by atoms with Crippen LogP contribution in [0.1, 0.15) is 12.5 Å². The Morgan fingerprint density at radius 3 is 2.86 bits per heavy atom. The van der Waals surface area contributed by atoms with Crippen LogP contribution in [0.5, 0.6) is 5.75 Å². The van der Waals surface area contributed by atoms with E-state index < -0.39 is 14.2 Å². The molecule has 1 aromatic carbocycles. The molecule has 5 heteroatoms. The Morgan fingerprint density at radius 2 is 2.36 bits per heavy atom. The van der Waals surface area contributed by atoms with Gasteiger partial charge in [0.05, 0.1) is 5.56 Å². The first-order chi connectivity index (χ1) is 6.67. The predicted molar refractivity (Wildman–Crippen MR) is 51.4 cm³/mol. The fourth-order valence-corrected chi connectivity index (χ4v) is 1.32. The topological polar surface area (TPSA) is 53.2 Å². The van der Waals surface area contributed by atoms with Crippen LogP contribution in [0.3, 0.4) is 0 Å². The van der Waals surface area contributed by atoms with Crippen LogP contribution in [0.15, 0.2) is 18.2 Å². The standard InChI is InChI=1S/C9H9FNO2P/c1-2-14(12)13-8-4-3-7(6-11)9(10)5-8/h3-5,12H,2H2,1H3. The van der Waals surface area contributed by atoms with Gasteiger partial charge in [-0.05, 0) is 12.1 Å². The number of benzene rings is 1. The van der Waals surface area contributed by atoms with Crippen LogP contribution in [0.2, 0.25) is 0 Å². The lowest BCUT2D eigenvalue weighted by molar-refractivity contribution is 0.484. The second-order valence-corrected chi connectivity index (χ2v) is 4.03. The summed E-state index contributed by atoms with van der Waals surface area (Å²) in [6.07, 6.45) is 0.483. The molecule has 0 aliphatic rings. The monoisotopic (exact) mass is 213 g/mol. The van der Waals surface area contributed by atoms with Gasteiger partial charge < -0.3 is 9.42 Å². The largest absolute Gasteiger partial charge is 0.447 e. The quantitative estimate of drug-likeness (QED) is 0.784. The summed E-state index contributed by atoms with van der Waals surface area (Å²) in [6.45, 7) is 1.77. The van der Waals surface area contributed by atoms with Crippen molar-refractivity contribution in [2.24, 2.45) is 0 Å². The van der Waals surface area contributed by atoms with Gasteiger partial charge in [-0.3, -0.25) is 0 Å². The second-order valence-electron chi connectivity index (χ2n) is 2.51. The van der Waals surface area contributed by atoms with Crippen LogP contribution in [-0.2, 0) is 0 Å². The van der Waals surface area contributed by atoms with E-state index in [0.717, 1.165) is 6.07 Å². The summed E-state index contributed by atoms with van der Waals surface area (Å²) < 4.78 is 18.0. The fourth-order valence-electron chi connectivity index (χ4n) is 0.830.